The summed E-state index contributed by atoms with van der Waals surface area (Å²) in [5, 5.41) is 12.3. The maximum Gasteiger partial charge on any atom is 0.320 e. The predicted molar refractivity (Wildman–Crippen MR) is 151 cm³/mol. The van der Waals surface area contributed by atoms with Crippen molar-refractivity contribution in [3.63, 3.8) is 0 Å². The summed E-state index contributed by atoms with van der Waals surface area (Å²) in [7, 11) is 0. The zero-order valence-corrected chi connectivity index (χ0v) is 21.9. The first-order chi connectivity index (χ1) is 18.4. The van der Waals surface area contributed by atoms with Crippen LogP contribution in [0.15, 0.2) is 78.9 Å². The molecule has 4 N–H and O–H groups in total. The lowest BCUT2D eigenvalue weighted by Crippen LogP contribution is -2.38. The van der Waals surface area contributed by atoms with E-state index in [-0.39, 0.29) is 18.2 Å². The van der Waals surface area contributed by atoms with Gasteiger partial charge in [0.25, 0.3) is 5.91 Å². The molecule has 2 aliphatic carbocycles. The molecule has 198 valence electrons. The van der Waals surface area contributed by atoms with Crippen molar-refractivity contribution in [1.82, 2.24) is 5.32 Å². The third-order valence-electron chi connectivity index (χ3n) is 8.99. The fraction of sp³-hybridized carbons (Fsp3) is 0.394. The summed E-state index contributed by atoms with van der Waals surface area (Å²) >= 11 is 0. The maximum atomic E-state index is 13.1. The highest BCUT2D eigenvalue weighted by Crippen LogP contribution is 2.54. The molecule has 0 bridgehead atoms. The number of aliphatic carboxylic acids is 1. The quantitative estimate of drug-likeness (QED) is 0.320. The molecular weight excluding hydrogens is 472 g/mol. The van der Waals surface area contributed by atoms with Crippen molar-refractivity contribution in [2.45, 2.75) is 63.3 Å². The molecule has 1 spiro atoms. The molecule has 38 heavy (non-hydrogen) atoms. The van der Waals surface area contributed by atoms with Crippen molar-refractivity contribution in [2.75, 3.05) is 6.54 Å². The molecule has 2 unspecified atom stereocenters. The number of amides is 1. The van der Waals surface area contributed by atoms with Gasteiger partial charge in [0.2, 0.25) is 0 Å². The molecule has 5 nitrogen and oxygen atoms in total. The summed E-state index contributed by atoms with van der Waals surface area (Å²) in [6, 6.07) is 25.5. The van der Waals surface area contributed by atoms with Gasteiger partial charge in [-0.25, -0.2) is 0 Å². The first-order valence-electron chi connectivity index (χ1n) is 13.9. The molecule has 3 aromatic rings. The Labute approximate surface area is 225 Å². The molecule has 3 aromatic carbocycles. The molecular formula is C33H38N2O3. The maximum absolute atomic E-state index is 13.1. The van der Waals surface area contributed by atoms with E-state index in [2.05, 4.69) is 53.8 Å². The van der Waals surface area contributed by atoms with E-state index in [0.717, 1.165) is 5.56 Å². The number of carboxylic acids is 1. The summed E-state index contributed by atoms with van der Waals surface area (Å²) < 4.78 is 0. The number of nitrogens with one attached hydrogen (secondary N) is 1. The zero-order chi connectivity index (χ0) is 26.5. The van der Waals surface area contributed by atoms with Crippen LogP contribution in [0.25, 0.3) is 11.1 Å². The average Bonchev–Trinajstić information content (AvgIpc) is 2.93. The molecule has 0 radical (unpaired) electrons. The van der Waals surface area contributed by atoms with Crippen LogP contribution in [-0.2, 0) is 11.2 Å². The largest absolute Gasteiger partial charge is 0.480 e. The van der Waals surface area contributed by atoms with Gasteiger partial charge < -0.3 is 16.2 Å². The van der Waals surface area contributed by atoms with Crippen LogP contribution < -0.4 is 11.1 Å². The van der Waals surface area contributed by atoms with Crippen molar-refractivity contribution in [3.05, 3.63) is 95.6 Å². The second-order valence-electron chi connectivity index (χ2n) is 11.3. The van der Waals surface area contributed by atoms with Gasteiger partial charge in [0.1, 0.15) is 6.04 Å². The van der Waals surface area contributed by atoms with Gasteiger partial charge in [0.05, 0.1) is 0 Å². The number of benzene rings is 3. The van der Waals surface area contributed by atoms with Crippen LogP contribution in [-0.4, -0.2) is 29.6 Å². The number of hydrogen-bond donors (Lipinski definition) is 3. The van der Waals surface area contributed by atoms with E-state index in [1.54, 1.807) is 24.3 Å². The van der Waals surface area contributed by atoms with Crippen LogP contribution >= 0.6 is 0 Å². The molecule has 2 saturated carbocycles. The molecule has 2 aliphatic rings. The molecule has 0 heterocycles. The Kier molecular flexibility index (Phi) is 7.94. The molecule has 0 saturated heterocycles. The standard InChI is InChI=1S/C33H38N2O3/c34-30(32(37)38)21-23-7-9-28(10-8-23)31(36)35-22-29(27-15-19-33(20-16-27)17-4-18-33)26-13-11-25(12-14-26)24-5-2-1-3-6-24/h1-3,5-14,27,29-30H,4,15-22,34H2,(H,35,36)(H,37,38). The second-order valence-corrected chi connectivity index (χ2v) is 11.3. The lowest BCUT2D eigenvalue weighted by Gasteiger charge is -2.48. The number of carbonyl (C=O) groups excluding carboxylic acids is 1. The van der Waals surface area contributed by atoms with E-state index in [4.69, 9.17) is 10.8 Å². The van der Waals surface area contributed by atoms with Gasteiger partial charge in [0.15, 0.2) is 0 Å². The molecule has 2 fully saturated rings. The van der Waals surface area contributed by atoms with Crippen molar-refractivity contribution in [2.24, 2.45) is 17.1 Å². The Balaban J connectivity index is 1.28. The molecule has 0 aliphatic heterocycles. The van der Waals surface area contributed by atoms with Crippen LogP contribution in [0.2, 0.25) is 0 Å². The summed E-state index contributed by atoms with van der Waals surface area (Å²) in [5.41, 5.74) is 11.3. The van der Waals surface area contributed by atoms with E-state index < -0.39 is 12.0 Å². The van der Waals surface area contributed by atoms with Gasteiger partial charge in [0, 0.05) is 18.0 Å². The fourth-order valence-electron chi connectivity index (χ4n) is 6.38. The van der Waals surface area contributed by atoms with Crippen LogP contribution in [0.4, 0.5) is 0 Å². The smallest absolute Gasteiger partial charge is 0.320 e. The predicted octanol–water partition coefficient (Wildman–Crippen LogP) is 6.18. The van der Waals surface area contributed by atoms with E-state index in [1.807, 2.05) is 6.07 Å². The summed E-state index contributed by atoms with van der Waals surface area (Å²) in [6.45, 7) is 0.604. The molecule has 2 atom stereocenters. The number of carboxylic acid groups (broad SMARTS) is 1. The Morgan fingerprint density at radius 2 is 1.50 bits per heavy atom. The van der Waals surface area contributed by atoms with Gasteiger partial charge in [-0.3, -0.25) is 9.59 Å². The number of hydrogen-bond acceptors (Lipinski definition) is 3. The van der Waals surface area contributed by atoms with E-state index in [9.17, 15) is 9.59 Å². The Hall–Kier alpha value is -3.44. The lowest BCUT2D eigenvalue weighted by atomic mass is 9.57. The van der Waals surface area contributed by atoms with Gasteiger partial charge in [-0.1, -0.05) is 73.2 Å². The molecule has 0 aromatic heterocycles. The summed E-state index contributed by atoms with van der Waals surface area (Å²) in [4.78, 5) is 24.1. The Morgan fingerprint density at radius 3 is 2.08 bits per heavy atom. The zero-order valence-electron chi connectivity index (χ0n) is 21.9. The highest BCUT2D eigenvalue weighted by molar-refractivity contribution is 5.94. The van der Waals surface area contributed by atoms with Crippen LogP contribution in [0.1, 0.15) is 72.3 Å². The number of nitrogens with two attached hydrogens (primary N) is 1. The Morgan fingerprint density at radius 1 is 0.868 bits per heavy atom. The minimum Gasteiger partial charge on any atom is -0.480 e. The minimum atomic E-state index is -1.03. The van der Waals surface area contributed by atoms with Crippen LogP contribution in [0.5, 0.6) is 0 Å². The topological polar surface area (TPSA) is 92.4 Å². The van der Waals surface area contributed by atoms with E-state index >= 15 is 0 Å². The first-order valence-corrected chi connectivity index (χ1v) is 13.9. The highest BCUT2D eigenvalue weighted by atomic mass is 16.4. The van der Waals surface area contributed by atoms with Crippen LogP contribution in [0.3, 0.4) is 0 Å². The monoisotopic (exact) mass is 510 g/mol. The second kappa shape index (κ2) is 11.5. The molecule has 5 heteroatoms. The van der Waals surface area contributed by atoms with Gasteiger partial charge in [-0.2, -0.15) is 0 Å². The highest BCUT2D eigenvalue weighted by Gasteiger charge is 2.41. The van der Waals surface area contributed by atoms with Gasteiger partial charge >= 0.3 is 5.97 Å². The van der Waals surface area contributed by atoms with Crippen molar-refractivity contribution < 1.29 is 14.7 Å². The molecule has 5 rings (SSSR count). The minimum absolute atomic E-state index is 0.101. The summed E-state index contributed by atoms with van der Waals surface area (Å²) in [5.74, 6) is -0.296. The number of carbonyl (C=O) groups is 2. The van der Waals surface area contributed by atoms with Crippen molar-refractivity contribution >= 4 is 11.9 Å². The van der Waals surface area contributed by atoms with Crippen molar-refractivity contribution in [3.8, 4) is 11.1 Å². The SMILES string of the molecule is NC(Cc1ccc(C(=O)NCC(c2ccc(-c3ccccc3)cc2)C2CCC3(CCC3)CC2)cc1)C(=O)O. The first kappa shape index (κ1) is 26.2. The third kappa shape index (κ3) is 5.99. The van der Waals surface area contributed by atoms with Crippen LogP contribution in [0, 0.1) is 11.3 Å². The molecule has 1 amide bonds. The van der Waals surface area contributed by atoms with E-state index in [0.29, 0.717) is 23.4 Å². The van der Waals surface area contributed by atoms with Gasteiger partial charge in [-0.15, -0.1) is 0 Å². The normalized spacial score (nSPS) is 18.3. The average molecular weight is 511 g/mol. The van der Waals surface area contributed by atoms with Gasteiger partial charge in [-0.05, 0) is 90.7 Å². The summed E-state index contributed by atoms with van der Waals surface area (Å²) in [6.07, 6.45) is 9.46. The Bertz CT molecular complexity index is 1220. The van der Waals surface area contributed by atoms with E-state index in [1.165, 1.54) is 61.6 Å². The number of rotatable bonds is 9. The van der Waals surface area contributed by atoms with Crippen molar-refractivity contribution in [1.29, 1.82) is 0 Å². The fourth-order valence-corrected chi connectivity index (χ4v) is 6.38. The lowest BCUT2D eigenvalue weighted by molar-refractivity contribution is -0.138. The third-order valence-corrected chi connectivity index (χ3v) is 8.99.